The SMILES string of the molecule is CC(=O)N=c1sc(SCc2ccc(Cl)cc2)nn1C. The molecule has 0 radical (unpaired) electrons. The van der Waals surface area contributed by atoms with Gasteiger partial charge in [0, 0.05) is 24.7 Å². The minimum absolute atomic E-state index is 0.214. The third-order valence-electron chi connectivity index (χ3n) is 2.22. The lowest BCUT2D eigenvalue weighted by molar-refractivity contribution is -0.116. The molecule has 0 atom stereocenters. The van der Waals surface area contributed by atoms with Crippen LogP contribution in [0, 0.1) is 0 Å². The molecule has 0 aliphatic rings. The summed E-state index contributed by atoms with van der Waals surface area (Å²) in [4.78, 5) is 15.5. The smallest absolute Gasteiger partial charge is 0.245 e. The molecule has 0 aliphatic heterocycles. The summed E-state index contributed by atoms with van der Waals surface area (Å²) in [5.41, 5.74) is 1.18. The number of aryl methyl sites for hydroxylation is 1. The zero-order chi connectivity index (χ0) is 13.8. The largest absolute Gasteiger partial charge is 0.273 e. The van der Waals surface area contributed by atoms with Crippen molar-refractivity contribution >= 4 is 40.6 Å². The normalized spacial score (nSPS) is 11.8. The Morgan fingerprint density at radius 1 is 1.47 bits per heavy atom. The van der Waals surface area contributed by atoms with Crippen LogP contribution in [0.3, 0.4) is 0 Å². The van der Waals surface area contributed by atoms with E-state index in [-0.39, 0.29) is 5.91 Å². The minimum Gasteiger partial charge on any atom is -0.273 e. The molecule has 19 heavy (non-hydrogen) atoms. The molecule has 1 amide bonds. The van der Waals surface area contributed by atoms with E-state index in [1.165, 1.54) is 23.8 Å². The Kier molecular flexibility index (Phi) is 4.79. The van der Waals surface area contributed by atoms with Crippen LogP contribution in [0.1, 0.15) is 12.5 Å². The fourth-order valence-electron chi connectivity index (χ4n) is 1.34. The number of hydrogen-bond acceptors (Lipinski definition) is 4. The van der Waals surface area contributed by atoms with Crippen molar-refractivity contribution in [2.24, 2.45) is 12.0 Å². The molecule has 0 bridgehead atoms. The van der Waals surface area contributed by atoms with Crippen molar-refractivity contribution in [2.45, 2.75) is 17.0 Å². The quantitative estimate of drug-likeness (QED) is 0.819. The van der Waals surface area contributed by atoms with E-state index in [9.17, 15) is 4.79 Å². The molecule has 1 heterocycles. The van der Waals surface area contributed by atoms with Crippen LogP contribution in [0.5, 0.6) is 0 Å². The molecule has 0 saturated carbocycles. The molecule has 7 heteroatoms. The first-order chi connectivity index (χ1) is 9.04. The van der Waals surface area contributed by atoms with Gasteiger partial charge in [0.2, 0.25) is 10.7 Å². The number of carbonyl (C=O) groups is 1. The molecule has 0 spiro atoms. The molecular formula is C12H12ClN3OS2. The lowest BCUT2D eigenvalue weighted by Gasteiger charge is -1.98. The molecular weight excluding hydrogens is 302 g/mol. The van der Waals surface area contributed by atoms with Crippen LogP contribution < -0.4 is 4.80 Å². The summed E-state index contributed by atoms with van der Waals surface area (Å²) in [7, 11) is 1.78. The van der Waals surface area contributed by atoms with Crippen molar-refractivity contribution in [3.8, 4) is 0 Å². The fraction of sp³-hybridized carbons (Fsp3) is 0.250. The highest BCUT2D eigenvalue weighted by Crippen LogP contribution is 2.23. The molecule has 0 saturated heterocycles. The van der Waals surface area contributed by atoms with Gasteiger partial charge in [0.1, 0.15) is 0 Å². The lowest BCUT2D eigenvalue weighted by Crippen LogP contribution is -2.13. The Morgan fingerprint density at radius 2 is 2.16 bits per heavy atom. The van der Waals surface area contributed by atoms with E-state index in [1.54, 1.807) is 23.5 Å². The van der Waals surface area contributed by atoms with Gasteiger partial charge in [0.25, 0.3) is 0 Å². The van der Waals surface area contributed by atoms with Gasteiger partial charge in [-0.3, -0.25) is 4.79 Å². The van der Waals surface area contributed by atoms with E-state index >= 15 is 0 Å². The molecule has 0 N–H and O–H groups in total. The number of benzene rings is 1. The van der Waals surface area contributed by atoms with Crippen molar-refractivity contribution in [1.82, 2.24) is 9.78 Å². The van der Waals surface area contributed by atoms with Crippen molar-refractivity contribution in [3.05, 3.63) is 39.7 Å². The van der Waals surface area contributed by atoms with E-state index in [1.807, 2.05) is 24.3 Å². The number of carbonyl (C=O) groups excluding carboxylic acids is 1. The molecule has 100 valence electrons. The lowest BCUT2D eigenvalue weighted by atomic mass is 10.2. The summed E-state index contributed by atoms with van der Waals surface area (Å²) in [6.07, 6.45) is 0. The third kappa shape index (κ3) is 4.19. The topological polar surface area (TPSA) is 47.2 Å². The molecule has 4 nitrogen and oxygen atoms in total. The van der Waals surface area contributed by atoms with Gasteiger partial charge in [0.05, 0.1) is 0 Å². The Labute approximate surface area is 124 Å². The summed E-state index contributed by atoms with van der Waals surface area (Å²) >= 11 is 8.86. The van der Waals surface area contributed by atoms with E-state index in [2.05, 4.69) is 10.1 Å². The van der Waals surface area contributed by atoms with Gasteiger partial charge in [-0.1, -0.05) is 46.8 Å². The zero-order valence-electron chi connectivity index (χ0n) is 10.5. The zero-order valence-corrected chi connectivity index (χ0v) is 12.8. The maximum atomic E-state index is 11.0. The summed E-state index contributed by atoms with van der Waals surface area (Å²) in [5, 5.41) is 5.06. The standard InChI is InChI=1S/C12H12ClN3OS2/c1-8(17)14-11-16(2)15-12(19-11)18-7-9-3-5-10(13)6-4-9/h3-6H,7H2,1-2H3. The Balaban J connectivity index is 2.08. The number of rotatable bonds is 3. The number of aromatic nitrogens is 2. The molecule has 0 aliphatic carbocycles. The summed E-state index contributed by atoms with van der Waals surface area (Å²) in [6.45, 7) is 1.43. The van der Waals surface area contributed by atoms with Crippen molar-refractivity contribution < 1.29 is 4.79 Å². The molecule has 2 rings (SSSR count). The number of halogens is 1. The van der Waals surface area contributed by atoms with Gasteiger partial charge in [-0.2, -0.15) is 10.1 Å². The van der Waals surface area contributed by atoms with Crippen LogP contribution >= 0.6 is 34.7 Å². The highest BCUT2D eigenvalue weighted by atomic mass is 35.5. The first-order valence-electron chi connectivity index (χ1n) is 5.51. The van der Waals surface area contributed by atoms with E-state index in [4.69, 9.17) is 11.6 Å². The van der Waals surface area contributed by atoms with Crippen LogP contribution in [0.4, 0.5) is 0 Å². The maximum absolute atomic E-state index is 11.0. The first kappa shape index (κ1) is 14.3. The highest BCUT2D eigenvalue weighted by Gasteiger charge is 2.04. The van der Waals surface area contributed by atoms with Crippen LogP contribution in [-0.2, 0) is 17.6 Å². The second kappa shape index (κ2) is 6.36. The second-order valence-corrected chi connectivity index (χ2v) is 6.43. The summed E-state index contributed by atoms with van der Waals surface area (Å²) in [6, 6.07) is 7.72. The first-order valence-corrected chi connectivity index (χ1v) is 7.69. The second-order valence-electron chi connectivity index (χ2n) is 3.82. The predicted molar refractivity (Wildman–Crippen MR) is 78.3 cm³/mol. The monoisotopic (exact) mass is 313 g/mol. The number of hydrogen-bond donors (Lipinski definition) is 0. The fourth-order valence-corrected chi connectivity index (χ4v) is 3.44. The average Bonchev–Trinajstić information content (AvgIpc) is 2.69. The molecule has 2 aromatic rings. The predicted octanol–water partition coefficient (Wildman–Crippen LogP) is 2.87. The van der Waals surface area contributed by atoms with E-state index in [0.717, 1.165) is 15.1 Å². The Hall–Kier alpha value is -1.11. The van der Waals surface area contributed by atoms with Crippen molar-refractivity contribution in [1.29, 1.82) is 0 Å². The third-order valence-corrected chi connectivity index (χ3v) is 4.67. The van der Waals surface area contributed by atoms with Gasteiger partial charge in [-0.25, -0.2) is 4.68 Å². The molecule has 1 aromatic heterocycles. The summed E-state index contributed by atoms with van der Waals surface area (Å²) < 4.78 is 2.51. The van der Waals surface area contributed by atoms with Gasteiger partial charge in [0.15, 0.2) is 4.34 Å². The molecule has 0 fully saturated rings. The molecule has 1 aromatic carbocycles. The number of nitrogens with zero attached hydrogens (tertiary/aromatic N) is 3. The Bertz CT molecular complexity index is 646. The van der Waals surface area contributed by atoms with Crippen LogP contribution in [-0.4, -0.2) is 15.7 Å². The van der Waals surface area contributed by atoms with Crippen LogP contribution in [0.25, 0.3) is 0 Å². The van der Waals surface area contributed by atoms with Gasteiger partial charge < -0.3 is 0 Å². The van der Waals surface area contributed by atoms with Crippen LogP contribution in [0.2, 0.25) is 5.02 Å². The highest BCUT2D eigenvalue weighted by molar-refractivity contribution is 8.00. The number of thioether (sulfide) groups is 1. The van der Waals surface area contributed by atoms with Gasteiger partial charge in [-0.15, -0.1) is 0 Å². The van der Waals surface area contributed by atoms with E-state index < -0.39 is 0 Å². The molecule has 0 unspecified atom stereocenters. The number of amides is 1. The van der Waals surface area contributed by atoms with Gasteiger partial charge >= 0.3 is 0 Å². The average molecular weight is 314 g/mol. The van der Waals surface area contributed by atoms with Gasteiger partial charge in [-0.05, 0) is 17.7 Å². The maximum Gasteiger partial charge on any atom is 0.245 e. The Morgan fingerprint density at radius 3 is 2.79 bits per heavy atom. The minimum atomic E-state index is -0.214. The van der Waals surface area contributed by atoms with E-state index in [0.29, 0.717) is 4.80 Å². The van der Waals surface area contributed by atoms with Crippen LogP contribution in [0.15, 0.2) is 33.6 Å². The van der Waals surface area contributed by atoms with Crippen molar-refractivity contribution in [2.75, 3.05) is 0 Å². The summed E-state index contributed by atoms with van der Waals surface area (Å²) in [5.74, 6) is 0.595. The van der Waals surface area contributed by atoms with Crippen molar-refractivity contribution in [3.63, 3.8) is 0 Å².